The van der Waals surface area contributed by atoms with E-state index in [0.717, 1.165) is 69.4 Å². The van der Waals surface area contributed by atoms with Gasteiger partial charge < -0.3 is 39.9 Å². The lowest BCUT2D eigenvalue weighted by molar-refractivity contribution is -0.136. The number of nitrogens with zero attached hydrogens (tertiary/aromatic N) is 4. The Balaban J connectivity index is 1.06. The van der Waals surface area contributed by atoms with Crippen LogP contribution in [-0.2, 0) is 19.1 Å². The molecule has 0 saturated carbocycles. The largest absolute Gasteiger partial charge is 0.453 e. The zero-order valence-corrected chi connectivity index (χ0v) is 32.9. The molecule has 0 spiro atoms. The smallest absolute Gasteiger partial charge is 0.407 e. The minimum Gasteiger partial charge on any atom is -0.453 e. The van der Waals surface area contributed by atoms with E-state index in [1.165, 1.54) is 23.6 Å². The number of carbonyl (C=O) groups excluding carboxylic acids is 4. The Labute approximate surface area is 321 Å². The number of fused-ring (bicyclic) bond motifs is 2. The van der Waals surface area contributed by atoms with E-state index in [1.54, 1.807) is 22.7 Å². The summed E-state index contributed by atoms with van der Waals surface area (Å²) in [6.07, 6.45) is 3.87. The van der Waals surface area contributed by atoms with Crippen LogP contribution in [0, 0.1) is 11.8 Å². The summed E-state index contributed by atoms with van der Waals surface area (Å²) >= 11 is 3.41. The van der Waals surface area contributed by atoms with Crippen molar-refractivity contribution in [3.8, 4) is 21.0 Å². The van der Waals surface area contributed by atoms with Gasteiger partial charge >= 0.3 is 12.2 Å². The highest BCUT2D eigenvalue weighted by molar-refractivity contribution is 7.31. The van der Waals surface area contributed by atoms with E-state index in [2.05, 4.69) is 44.9 Å². The minimum absolute atomic E-state index is 0.102. The van der Waals surface area contributed by atoms with E-state index in [4.69, 9.17) is 19.4 Å². The second-order valence-corrected chi connectivity index (χ2v) is 16.7. The average Bonchev–Trinajstić information content (AvgIpc) is 3.99. The summed E-state index contributed by atoms with van der Waals surface area (Å²) in [5.41, 5.74) is 3.71. The fourth-order valence-electron chi connectivity index (χ4n) is 7.47. The number of thiophene rings is 2. The zero-order chi connectivity index (χ0) is 38.3. The Morgan fingerprint density at radius 1 is 0.778 bits per heavy atom. The summed E-state index contributed by atoms with van der Waals surface area (Å²) in [5.74, 6) is 1.01. The van der Waals surface area contributed by atoms with E-state index in [9.17, 15) is 19.2 Å². The molecule has 0 bridgehead atoms. The topological polar surface area (TPSA) is 175 Å². The first-order valence-electron chi connectivity index (χ1n) is 18.3. The van der Waals surface area contributed by atoms with Crippen molar-refractivity contribution in [1.82, 2.24) is 40.4 Å². The molecule has 1 aromatic carbocycles. The maximum Gasteiger partial charge on any atom is 0.407 e. The van der Waals surface area contributed by atoms with Gasteiger partial charge in [0.1, 0.15) is 23.7 Å². The summed E-state index contributed by atoms with van der Waals surface area (Å²) in [6, 6.07) is 8.81. The molecular formula is C38H46N8O6S2. The normalized spacial score (nSPS) is 18.5. The van der Waals surface area contributed by atoms with Crippen LogP contribution in [0.1, 0.15) is 77.1 Å². The third-order valence-corrected chi connectivity index (χ3v) is 12.7. The van der Waals surface area contributed by atoms with E-state index >= 15 is 0 Å². The monoisotopic (exact) mass is 774 g/mol. The Hall–Kier alpha value is -4.96. The molecule has 2 saturated heterocycles. The first-order valence-corrected chi connectivity index (χ1v) is 20.0. The predicted octanol–water partition coefficient (Wildman–Crippen LogP) is 6.98. The third-order valence-electron chi connectivity index (χ3n) is 10.3. The third kappa shape index (κ3) is 7.28. The highest BCUT2D eigenvalue weighted by Gasteiger charge is 2.39. The lowest BCUT2D eigenvalue weighted by atomic mass is 10.0. The number of aromatic nitrogens is 4. The number of hydrogen-bond acceptors (Lipinski definition) is 10. The molecule has 286 valence electrons. The number of carbonyl (C=O) groups is 4. The van der Waals surface area contributed by atoms with E-state index in [0.29, 0.717) is 13.1 Å². The van der Waals surface area contributed by atoms with Crippen LogP contribution >= 0.6 is 22.7 Å². The van der Waals surface area contributed by atoms with Gasteiger partial charge in [-0.15, -0.1) is 22.7 Å². The summed E-state index contributed by atoms with van der Waals surface area (Å²) in [7, 11) is 2.58. The van der Waals surface area contributed by atoms with Gasteiger partial charge in [-0.1, -0.05) is 33.8 Å². The van der Waals surface area contributed by atoms with Crippen molar-refractivity contribution < 1.29 is 28.7 Å². The molecule has 5 aromatic rings. The lowest BCUT2D eigenvalue weighted by Crippen LogP contribution is -2.51. The van der Waals surface area contributed by atoms with Gasteiger partial charge in [0, 0.05) is 27.4 Å². The maximum atomic E-state index is 13.6. The molecule has 0 aliphatic carbocycles. The van der Waals surface area contributed by atoms with Crippen molar-refractivity contribution in [3.63, 3.8) is 0 Å². The number of amides is 4. The van der Waals surface area contributed by atoms with Crippen molar-refractivity contribution in [2.45, 2.75) is 77.5 Å². The van der Waals surface area contributed by atoms with Crippen molar-refractivity contribution in [2.24, 2.45) is 11.8 Å². The summed E-state index contributed by atoms with van der Waals surface area (Å²) in [5, 5.41) is 5.41. The first kappa shape index (κ1) is 37.4. The number of H-pyrrole nitrogens is 2. The van der Waals surface area contributed by atoms with Gasteiger partial charge in [0.25, 0.3) is 0 Å². The number of methoxy groups -OCH3 is 2. The van der Waals surface area contributed by atoms with Crippen LogP contribution in [0.25, 0.3) is 41.4 Å². The fraction of sp³-hybridized carbons (Fsp3) is 0.474. The number of rotatable bonds is 10. The summed E-state index contributed by atoms with van der Waals surface area (Å²) in [6.45, 7) is 8.82. The zero-order valence-electron chi connectivity index (χ0n) is 31.2. The quantitative estimate of drug-likeness (QED) is 0.118. The second-order valence-electron chi connectivity index (χ2n) is 14.6. The van der Waals surface area contributed by atoms with Gasteiger partial charge in [-0.2, -0.15) is 0 Å². The van der Waals surface area contributed by atoms with Crippen LogP contribution < -0.4 is 10.6 Å². The van der Waals surface area contributed by atoms with E-state index < -0.39 is 24.3 Å². The molecule has 54 heavy (non-hydrogen) atoms. The Kier molecular flexibility index (Phi) is 10.7. The number of alkyl carbamates (subject to hydrolysis) is 2. The van der Waals surface area contributed by atoms with Crippen molar-refractivity contribution >= 4 is 67.1 Å². The highest BCUT2D eigenvalue weighted by atomic mass is 32.1. The van der Waals surface area contributed by atoms with Crippen LogP contribution in [0.4, 0.5) is 9.59 Å². The van der Waals surface area contributed by atoms with Gasteiger partial charge in [-0.05, 0) is 67.3 Å². The van der Waals surface area contributed by atoms with Gasteiger partial charge in [0.2, 0.25) is 11.8 Å². The number of nitrogens with one attached hydrogen (secondary N) is 4. The average molecular weight is 775 g/mol. The van der Waals surface area contributed by atoms with E-state index in [1.807, 2.05) is 49.8 Å². The maximum absolute atomic E-state index is 13.6. The Morgan fingerprint density at radius 3 is 1.91 bits per heavy atom. The van der Waals surface area contributed by atoms with Gasteiger partial charge in [-0.3, -0.25) is 9.59 Å². The van der Waals surface area contributed by atoms with Crippen LogP contribution in [-0.4, -0.2) is 93.1 Å². The van der Waals surface area contributed by atoms with Crippen LogP contribution in [0.2, 0.25) is 0 Å². The van der Waals surface area contributed by atoms with Crippen molar-refractivity contribution in [1.29, 1.82) is 0 Å². The standard InChI is InChI=1S/C38H46N8O6S2/c1-19(2)31(43-37(49)51-5)35(47)45-13-7-9-25(45)33-39-18-24(42-33)28-17-30-29(54-28)16-27(53-30)21-11-12-22-23(15-21)41-34(40-22)26-10-8-14-46(26)36(48)32(20(3)4)44-38(50)52-6/h11-12,15-20,25-26,31-32H,7-10,13-14H2,1-6H3,(H,39,42)(H,40,41)(H,43,49)(H,44,50)/t25?,26?,31-,32?/m0/s1. The number of likely N-dealkylation sites (tertiary alicyclic amines) is 2. The molecule has 2 fully saturated rings. The second kappa shape index (κ2) is 15.4. The fourth-order valence-corrected chi connectivity index (χ4v) is 9.83. The van der Waals surface area contributed by atoms with Gasteiger partial charge in [0.05, 0.1) is 54.1 Å². The number of hydrogen-bond donors (Lipinski definition) is 4. The number of benzene rings is 1. The molecular weight excluding hydrogens is 729 g/mol. The Bertz CT molecular complexity index is 2150. The molecule has 4 aromatic heterocycles. The molecule has 4 N–H and O–H groups in total. The molecule has 4 atom stereocenters. The molecule has 14 nitrogen and oxygen atoms in total. The molecule has 7 rings (SSSR count). The first-order chi connectivity index (χ1) is 25.9. The molecule has 6 heterocycles. The minimum atomic E-state index is -0.688. The van der Waals surface area contributed by atoms with Crippen molar-refractivity contribution in [2.75, 3.05) is 27.3 Å². The number of aromatic amines is 2. The molecule has 3 unspecified atom stereocenters. The summed E-state index contributed by atoms with van der Waals surface area (Å²) in [4.78, 5) is 73.5. The summed E-state index contributed by atoms with van der Waals surface area (Å²) < 4.78 is 11.9. The van der Waals surface area contributed by atoms with Crippen molar-refractivity contribution in [3.05, 3.63) is 48.2 Å². The number of imidazole rings is 2. The lowest BCUT2D eigenvalue weighted by Gasteiger charge is -2.30. The van der Waals surface area contributed by atoms with Crippen LogP contribution in [0.15, 0.2) is 36.5 Å². The van der Waals surface area contributed by atoms with Gasteiger partial charge in [-0.25, -0.2) is 19.6 Å². The number of ether oxygens (including phenoxy) is 2. The molecule has 2 aliphatic heterocycles. The van der Waals surface area contributed by atoms with Crippen LogP contribution in [0.5, 0.6) is 0 Å². The molecule has 0 radical (unpaired) electrons. The Morgan fingerprint density at radius 2 is 1.33 bits per heavy atom. The van der Waals surface area contributed by atoms with E-state index in [-0.39, 0.29) is 35.7 Å². The molecule has 4 amide bonds. The molecule has 16 heteroatoms. The predicted molar refractivity (Wildman–Crippen MR) is 208 cm³/mol. The van der Waals surface area contributed by atoms with Crippen LogP contribution in [0.3, 0.4) is 0 Å². The molecule has 2 aliphatic rings. The van der Waals surface area contributed by atoms with Gasteiger partial charge in [0.15, 0.2) is 0 Å². The SMILES string of the molecule is COC(=O)NC(C(=O)N1CCCC1c1nc2ccc(-c3cc4sc(-c5cnc(C6CCCN6C(=O)[C@@H](NC(=O)OC)C(C)C)[nH]5)cc4s3)cc2[nH]1)C(C)C. The highest BCUT2D eigenvalue weighted by Crippen LogP contribution is 2.43.